The van der Waals surface area contributed by atoms with Gasteiger partial charge in [0, 0.05) is 38.1 Å². The highest BCUT2D eigenvalue weighted by atomic mass is 32.2. The molecule has 0 aromatic carbocycles. The number of hydrogen-bond acceptors (Lipinski definition) is 5. The zero-order chi connectivity index (χ0) is 14.6. The summed E-state index contributed by atoms with van der Waals surface area (Å²) >= 11 is 0. The van der Waals surface area contributed by atoms with E-state index in [2.05, 4.69) is 19.8 Å². The van der Waals surface area contributed by atoms with Gasteiger partial charge in [-0.05, 0) is 6.42 Å². The van der Waals surface area contributed by atoms with E-state index in [4.69, 9.17) is 5.73 Å². The van der Waals surface area contributed by atoms with Gasteiger partial charge in [0.2, 0.25) is 10.0 Å². The number of sulfonamides is 1. The van der Waals surface area contributed by atoms with E-state index in [0.717, 1.165) is 12.2 Å². The van der Waals surface area contributed by atoms with E-state index >= 15 is 0 Å². The summed E-state index contributed by atoms with van der Waals surface area (Å²) in [4.78, 5) is 6.95. The van der Waals surface area contributed by atoms with Crippen molar-refractivity contribution in [2.75, 3.05) is 12.3 Å². The van der Waals surface area contributed by atoms with Crippen LogP contribution in [0.15, 0.2) is 23.5 Å². The van der Waals surface area contributed by atoms with Gasteiger partial charge in [-0.2, -0.15) is 5.10 Å². The van der Waals surface area contributed by atoms with E-state index in [1.807, 2.05) is 6.92 Å². The SMILES string of the molecule is CCCn1cc(S(=O)(=O)NCCc2ncc[nH]2)c(N)n1. The Morgan fingerprint density at radius 3 is 2.95 bits per heavy atom. The molecule has 8 nitrogen and oxygen atoms in total. The third-order valence-electron chi connectivity index (χ3n) is 2.71. The molecule has 2 rings (SSSR count). The van der Waals surface area contributed by atoms with Crippen molar-refractivity contribution >= 4 is 15.8 Å². The van der Waals surface area contributed by atoms with Crippen LogP contribution in [-0.4, -0.2) is 34.7 Å². The first kappa shape index (κ1) is 14.5. The minimum atomic E-state index is -3.64. The number of anilines is 1. The highest BCUT2D eigenvalue weighted by molar-refractivity contribution is 7.89. The average molecular weight is 298 g/mol. The van der Waals surface area contributed by atoms with Gasteiger partial charge in [0.1, 0.15) is 10.7 Å². The van der Waals surface area contributed by atoms with Gasteiger partial charge in [-0.15, -0.1) is 0 Å². The molecule has 2 heterocycles. The van der Waals surface area contributed by atoms with Gasteiger partial charge in [-0.25, -0.2) is 18.1 Å². The number of H-pyrrole nitrogens is 1. The number of hydrogen-bond donors (Lipinski definition) is 3. The van der Waals surface area contributed by atoms with Crippen LogP contribution in [0, 0.1) is 0 Å². The standard InChI is InChI=1S/C11H18N6O2S/c1-2-7-17-8-9(11(12)16-17)20(18,19)15-4-3-10-13-5-6-14-10/h5-6,8,15H,2-4,7H2,1H3,(H2,12,16)(H,13,14). The fraction of sp³-hybridized carbons (Fsp3) is 0.455. The van der Waals surface area contributed by atoms with Gasteiger partial charge in [0.05, 0.1) is 0 Å². The van der Waals surface area contributed by atoms with Crippen molar-refractivity contribution in [1.82, 2.24) is 24.5 Å². The second-order valence-electron chi connectivity index (χ2n) is 4.33. The van der Waals surface area contributed by atoms with Crippen LogP contribution in [0.4, 0.5) is 5.82 Å². The van der Waals surface area contributed by atoms with Crippen molar-refractivity contribution in [1.29, 1.82) is 0 Å². The molecule has 0 unspecified atom stereocenters. The van der Waals surface area contributed by atoms with Crippen LogP contribution < -0.4 is 10.5 Å². The lowest BCUT2D eigenvalue weighted by Gasteiger charge is -2.04. The summed E-state index contributed by atoms with van der Waals surface area (Å²) in [6, 6.07) is 0. The van der Waals surface area contributed by atoms with E-state index in [1.165, 1.54) is 10.9 Å². The normalized spacial score (nSPS) is 11.8. The van der Waals surface area contributed by atoms with E-state index in [-0.39, 0.29) is 17.3 Å². The van der Waals surface area contributed by atoms with Gasteiger partial charge >= 0.3 is 0 Å². The Bertz CT molecular complexity index is 647. The third kappa shape index (κ3) is 3.36. The number of nitrogens with zero attached hydrogens (tertiary/aromatic N) is 3. The summed E-state index contributed by atoms with van der Waals surface area (Å²) in [6.45, 7) is 2.86. The van der Waals surface area contributed by atoms with Crippen LogP contribution in [0.5, 0.6) is 0 Å². The Labute approximate surface area is 117 Å². The number of aryl methyl sites for hydroxylation is 1. The molecule has 0 aliphatic rings. The second-order valence-corrected chi connectivity index (χ2v) is 6.06. The van der Waals surface area contributed by atoms with Crippen LogP contribution in [0.25, 0.3) is 0 Å². The molecule has 4 N–H and O–H groups in total. The molecule has 9 heteroatoms. The summed E-state index contributed by atoms with van der Waals surface area (Å²) in [5.74, 6) is 0.742. The summed E-state index contributed by atoms with van der Waals surface area (Å²) in [5.41, 5.74) is 5.65. The average Bonchev–Trinajstić information content (AvgIpc) is 2.99. The molecule has 0 saturated carbocycles. The Morgan fingerprint density at radius 1 is 1.50 bits per heavy atom. The van der Waals surface area contributed by atoms with Crippen molar-refractivity contribution in [2.24, 2.45) is 0 Å². The van der Waals surface area contributed by atoms with Crippen LogP contribution in [0.2, 0.25) is 0 Å². The zero-order valence-electron chi connectivity index (χ0n) is 11.2. The van der Waals surface area contributed by atoms with Crippen LogP contribution in [0.3, 0.4) is 0 Å². The lowest BCUT2D eigenvalue weighted by molar-refractivity contribution is 0.579. The van der Waals surface area contributed by atoms with Crippen molar-refractivity contribution < 1.29 is 8.42 Å². The number of nitrogens with two attached hydrogens (primary N) is 1. The first-order chi connectivity index (χ1) is 9.53. The fourth-order valence-corrected chi connectivity index (χ4v) is 2.89. The second kappa shape index (κ2) is 6.06. The van der Waals surface area contributed by atoms with Crippen molar-refractivity contribution in [3.05, 3.63) is 24.4 Å². The number of rotatable bonds is 7. The lowest BCUT2D eigenvalue weighted by atomic mass is 10.4. The highest BCUT2D eigenvalue weighted by Crippen LogP contribution is 2.16. The number of nitrogen functional groups attached to an aromatic ring is 1. The van der Waals surface area contributed by atoms with Crippen molar-refractivity contribution in [3.63, 3.8) is 0 Å². The minimum Gasteiger partial charge on any atom is -0.381 e. The molecule has 0 spiro atoms. The first-order valence-corrected chi connectivity index (χ1v) is 7.82. The number of aromatic nitrogens is 4. The molecule has 0 amide bonds. The molecule has 0 aliphatic carbocycles. The molecule has 110 valence electrons. The van der Waals surface area contributed by atoms with E-state index in [1.54, 1.807) is 12.4 Å². The largest absolute Gasteiger partial charge is 0.381 e. The minimum absolute atomic E-state index is 0.0175. The van der Waals surface area contributed by atoms with Gasteiger partial charge in [0.15, 0.2) is 5.82 Å². The van der Waals surface area contributed by atoms with Crippen molar-refractivity contribution in [2.45, 2.75) is 31.2 Å². The van der Waals surface area contributed by atoms with Gasteiger partial charge in [-0.1, -0.05) is 6.92 Å². The topological polar surface area (TPSA) is 119 Å². The maximum Gasteiger partial charge on any atom is 0.245 e. The van der Waals surface area contributed by atoms with Gasteiger partial charge < -0.3 is 10.7 Å². The molecule has 0 aliphatic heterocycles. The lowest BCUT2D eigenvalue weighted by Crippen LogP contribution is -2.26. The molecule has 0 bridgehead atoms. The highest BCUT2D eigenvalue weighted by Gasteiger charge is 2.20. The summed E-state index contributed by atoms with van der Waals surface area (Å²) < 4.78 is 28.3. The summed E-state index contributed by atoms with van der Waals surface area (Å²) in [7, 11) is -3.64. The molecule has 2 aromatic heterocycles. The Balaban J connectivity index is 2.02. The monoisotopic (exact) mass is 298 g/mol. The third-order valence-corrected chi connectivity index (χ3v) is 4.18. The quantitative estimate of drug-likeness (QED) is 0.671. The van der Waals surface area contributed by atoms with Gasteiger partial charge in [0.25, 0.3) is 0 Å². The molecular formula is C11H18N6O2S. The Hall–Kier alpha value is -1.87. The zero-order valence-corrected chi connectivity index (χ0v) is 12.0. The van der Waals surface area contributed by atoms with Crippen LogP contribution >= 0.6 is 0 Å². The molecule has 20 heavy (non-hydrogen) atoms. The predicted molar refractivity (Wildman–Crippen MR) is 74.4 cm³/mol. The number of aromatic amines is 1. The van der Waals surface area contributed by atoms with Crippen LogP contribution in [0.1, 0.15) is 19.2 Å². The fourth-order valence-electron chi connectivity index (χ4n) is 1.78. The first-order valence-electron chi connectivity index (χ1n) is 6.33. The molecule has 0 atom stereocenters. The predicted octanol–water partition coefficient (Wildman–Crippen LogP) is 0.119. The molecular weight excluding hydrogens is 280 g/mol. The maximum absolute atomic E-state index is 12.1. The smallest absolute Gasteiger partial charge is 0.245 e. The van der Waals surface area contributed by atoms with Crippen molar-refractivity contribution in [3.8, 4) is 0 Å². The molecule has 0 saturated heterocycles. The Kier molecular flexibility index (Phi) is 4.40. The Morgan fingerprint density at radius 2 is 2.30 bits per heavy atom. The van der Waals surface area contributed by atoms with Crippen LogP contribution in [-0.2, 0) is 23.0 Å². The summed E-state index contributed by atoms with van der Waals surface area (Å²) in [5, 5.41) is 3.98. The molecule has 2 aromatic rings. The van der Waals surface area contributed by atoms with E-state index in [0.29, 0.717) is 13.0 Å². The number of nitrogens with one attached hydrogen (secondary N) is 2. The van der Waals surface area contributed by atoms with E-state index < -0.39 is 10.0 Å². The molecule has 0 radical (unpaired) electrons. The molecule has 0 fully saturated rings. The summed E-state index contributed by atoms with van der Waals surface area (Å²) in [6.07, 6.45) is 6.10. The van der Waals surface area contributed by atoms with E-state index in [9.17, 15) is 8.42 Å². The maximum atomic E-state index is 12.1. The van der Waals surface area contributed by atoms with Gasteiger partial charge in [-0.3, -0.25) is 4.68 Å². The number of imidazole rings is 1.